The molecule has 1 atom stereocenters. The van der Waals surface area contributed by atoms with Crippen LogP contribution >= 0.6 is 11.6 Å². The third-order valence-electron chi connectivity index (χ3n) is 3.52. The highest BCUT2D eigenvalue weighted by Gasteiger charge is 2.28. The van der Waals surface area contributed by atoms with Crippen LogP contribution in [0, 0.1) is 12.8 Å². The zero-order valence-corrected chi connectivity index (χ0v) is 11.7. The van der Waals surface area contributed by atoms with Gasteiger partial charge in [0.05, 0.1) is 0 Å². The van der Waals surface area contributed by atoms with Crippen molar-refractivity contribution in [3.63, 3.8) is 0 Å². The molecule has 2 rings (SSSR count). The smallest absolute Gasteiger partial charge is 0.129 e. The standard InChI is InChI=1S/C14H21ClN2/c1-10(2)13-5-4-6-17(13)14-8-12(9-15)7-11(3)16-14/h7-8,10,13H,4-6,9H2,1-3H3. The minimum absolute atomic E-state index is 0.566. The first-order chi connectivity index (χ1) is 8.11. The van der Waals surface area contributed by atoms with Gasteiger partial charge in [-0.25, -0.2) is 4.98 Å². The minimum atomic E-state index is 0.566. The Labute approximate surface area is 109 Å². The molecular weight excluding hydrogens is 232 g/mol. The molecule has 0 N–H and O–H groups in total. The average molecular weight is 253 g/mol. The van der Waals surface area contributed by atoms with Gasteiger partial charge in [-0.05, 0) is 43.4 Å². The number of halogens is 1. The fourth-order valence-corrected chi connectivity index (χ4v) is 2.87. The summed E-state index contributed by atoms with van der Waals surface area (Å²) in [5.41, 5.74) is 2.23. The van der Waals surface area contributed by atoms with Gasteiger partial charge in [0.1, 0.15) is 5.82 Å². The van der Waals surface area contributed by atoms with Crippen molar-refractivity contribution in [2.45, 2.75) is 45.5 Å². The summed E-state index contributed by atoms with van der Waals surface area (Å²) < 4.78 is 0. The van der Waals surface area contributed by atoms with Crippen LogP contribution in [-0.2, 0) is 5.88 Å². The molecule has 1 aliphatic heterocycles. The molecule has 94 valence electrons. The Balaban J connectivity index is 2.29. The number of anilines is 1. The zero-order valence-electron chi connectivity index (χ0n) is 10.9. The lowest BCUT2D eigenvalue weighted by molar-refractivity contribution is 0.489. The molecule has 1 saturated heterocycles. The minimum Gasteiger partial charge on any atom is -0.353 e. The van der Waals surface area contributed by atoms with Gasteiger partial charge in [0.25, 0.3) is 0 Å². The zero-order chi connectivity index (χ0) is 12.4. The number of hydrogen-bond donors (Lipinski definition) is 0. The maximum Gasteiger partial charge on any atom is 0.129 e. The summed E-state index contributed by atoms with van der Waals surface area (Å²) in [6.45, 7) is 7.75. The average Bonchev–Trinajstić information content (AvgIpc) is 2.77. The predicted molar refractivity (Wildman–Crippen MR) is 73.7 cm³/mol. The number of aromatic nitrogens is 1. The van der Waals surface area contributed by atoms with E-state index in [4.69, 9.17) is 11.6 Å². The van der Waals surface area contributed by atoms with E-state index in [9.17, 15) is 0 Å². The summed E-state index contributed by atoms with van der Waals surface area (Å²) in [5, 5.41) is 0. The van der Waals surface area contributed by atoms with E-state index in [0.717, 1.165) is 18.1 Å². The molecule has 0 spiro atoms. The van der Waals surface area contributed by atoms with Crippen molar-refractivity contribution in [1.29, 1.82) is 0 Å². The van der Waals surface area contributed by atoms with Crippen LogP contribution in [0.15, 0.2) is 12.1 Å². The topological polar surface area (TPSA) is 16.1 Å². The highest BCUT2D eigenvalue weighted by molar-refractivity contribution is 6.17. The number of rotatable bonds is 3. The van der Waals surface area contributed by atoms with Crippen LogP contribution in [0.2, 0.25) is 0 Å². The molecule has 0 saturated carbocycles. The van der Waals surface area contributed by atoms with Gasteiger partial charge >= 0.3 is 0 Å². The van der Waals surface area contributed by atoms with E-state index in [1.54, 1.807) is 0 Å². The van der Waals surface area contributed by atoms with E-state index in [1.807, 2.05) is 6.92 Å². The van der Waals surface area contributed by atoms with Crippen LogP contribution in [-0.4, -0.2) is 17.6 Å². The van der Waals surface area contributed by atoms with Gasteiger partial charge in [-0.1, -0.05) is 13.8 Å². The monoisotopic (exact) mass is 252 g/mol. The fourth-order valence-electron chi connectivity index (χ4n) is 2.72. The summed E-state index contributed by atoms with van der Waals surface area (Å²) in [6, 6.07) is 4.84. The van der Waals surface area contributed by atoms with Crippen molar-refractivity contribution in [2.75, 3.05) is 11.4 Å². The van der Waals surface area contributed by atoms with Gasteiger partial charge in [-0.3, -0.25) is 0 Å². The van der Waals surface area contributed by atoms with Crippen LogP contribution in [0.1, 0.15) is 37.9 Å². The molecule has 0 bridgehead atoms. The molecule has 2 nitrogen and oxygen atoms in total. The number of aryl methyl sites for hydroxylation is 1. The van der Waals surface area contributed by atoms with Crippen molar-refractivity contribution in [3.8, 4) is 0 Å². The number of nitrogens with zero attached hydrogens (tertiary/aromatic N) is 2. The predicted octanol–water partition coefficient (Wildman–Crippen LogP) is 3.75. The third-order valence-corrected chi connectivity index (χ3v) is 3.83. The lowest BCUT2D eigenvalue weighted by Gasteiger charge is -2.29. The second-order valence-electron chi connectivity index (χ2n) is 5.26. The second-order valence-corrected chi connectivity index (χ2v) is 5.52. The lowest BCUT2D eigenvalue weighted by Crippen LogP contribution is -2.34. The Kier molecular flexibility index (Phi) is 3.93. The number of pyridine rings is 1. The van der Waals surface area contributed by atoms with E-state index in [2.05, 4.69) is 35.9 Å². The normalized spacial score (nSPS) is 20.3. The molecule has 0 aromatic carbocycles. The molecule has 17 heavy (non-hydrogen) atoms. The Bertz CT molecular complexity index is 390. The van der Waals surface area contributed by atoms with Crippen molar-refractivity contribution < 1.29 is 0 Å². The molecule has 0 radical (unpaired) electrons. The molecule has 1 aromatic heterocycles. The molecule has 1 fully saturated rings. The van der Waals surface area contributed by atoms with Crippen molar-refractivity contribution in [2.24, 2.45) is 5.92 Å². The highest BCUT2D eigenvalue weighted by atomic mass is 35.5. The van der Waals surface area contributed by atoms with Crippen LogP contribution in [0.5, 0.6) is 0 Å². The number of alkyl halides is 1. The van der Waals surface area contributed by atoms with Gasteiger partial charge in [0, 0.05) is 24.2 Å². The van der Waals surface area contributed by atoms with E-state index < -0.39 is 0 Å². The second kappa shape index (κ2) is 5.26. The largest absolute Gasteiger partial charge is 0.353 e. The van der Waals surface area contributed by atoms with Crippen molar-refractivity contribution >= 4 is 17.4 Å². The molecular formula is C14H21ClN2. The molecule has 0 amide bonds. The Hall–Kier alpha value is -0.760. The molecule has 1 unspecified atom stereocenters. The Morgan fingerprint density at radius 3 is 2.88 bits per heavy atom. The van der Waals surface area contributed by atoms with Crippen molar-refractivity contribution in [3.05, 3.63) is 23.4 Å². The first kappa shape index (κ1) is 12.7. The van der Waals surface area contributed by atoms with E-state index >= 15 is 0 Å². The lowest BCUT2D eigenvalue weighted by atomic mass is 10.0. The summed E-state index contributed by atoms with van der Waals surface area (Å²) in [6.07, 6.45) is 2.55. The number of hydrogen-bond acceptors (Lipinski definition) is 2. The van der Waals surface area contributed by atoms with Crippen molar-refractivity contribution in [1.82, 2.24) is 4.98 Å². The summed E-state index contributed by atoms with van der Waals surface area (Å²) in [5.74, 6) is 2.35. The summed E-state index contributed by atoms with van der Waals surface area (Å²) in [7, 11) is 0. The summed E-state index contributed by atoms with van der Waals surface area (Å²) in [4.78, 5) is 7.12. The quantitative estimate of drug-likeness (QED) is 0.762. The first-order valence-corrected chi connectivity index (χ1v) is 6.95. The molecule has 2 heterocycles. The third kappa shape index (κ3) is 2.74. The maximum absolute atomic E-state index is 5.93. The van der Waals surface area contributed by atoms with E-state index in [-0.39, 0.29) is 0 Å². The highest BCUT2D eigenvalue weighted by Crippen LogP contribution is 2.29. The van der Waals surface area contributed by atoms with E-state index in [1.165, 1.54) is 18.4 Å². The van der Waals surface area contributed by atoms with Gasteiger partial charge in [0.15, 0.2) is 0 Å². The van der Waals surface area contributed by atoms with Crippen LogP contribution in [0.4, 0.5) is 5.82 Å². The Morgan fingerprint density at radius 1 is 1.47 bits per heavy atom. The van der Waals surface area contributed by atoms with Gasteiger partial charge < -0.3 is 4.90 Å². The SMILES string of the molecule is Cc1cc(CCl)cc(N2CCCC2C(C)C)n1. The molecule has 0 aliphatic carbocycles. The van der Waals surface area contributed by atoms with Gasteiger partial charge in [-0.2, -0.15) is 0 Å². The van der Waals surface area contributed by atoms with E-state index in [0.29, 0.717) is 17.8 Å². The van der Waals surface area contributed by atoms with Gasteiger partial charge in [0.2, 0.25) is 0 Å². The summed E-state index contributed by atoms with van der Waals surface area (Å²) >= 11 is 5.93. The maximum atomic E-state index is 5.93. The van der Waals surface area contributed by atoms with Crippen LogP contribution < -0.4 is 4.90 Å². The molecule has 1 aromatic rings. The van der Waals surface area contributed by atoms with Crippen LogP contribution in [0.25, 0.3) is 0 Å². The molecule has 3 heteroatoms. The fraction of sp³-hybridized carbons (Fsp3) is 0.643. The van der Waals surface area contributed by atoms with Gasteiger partial charge in [-0.15, -0.1) is 11.6 Å². The first-order valence-electron chi connectivity index (χ1n) is 6.42. The van der Waals surface area contributed by atoms with Crippen LogP contribution in [0.3, 0.4) is 0 Å². The molecule has 1 aliphatic rings. The Morgan fingerprint density at radius 2 is 2.24 bits per heavy atom.